The lowest BCUT2D eigenvalue weighted by Gasteiger charge is -2.26. The molecule has 4 rings (SSSR count). The minimum atomic E-state index is -0.440. The number of carbonyl (C=O) groups excluding carboxylic acids is 1. The number of nitro groups is 1. The first kappa shape index (κ1) is 22.9. The number of thioether (sulfide) groups is 1. The lowest BCUT2D eigenvalue weighted by molar-refractivity contribution is -0.384. The van der Waals surface area contributed by atoms with E-state index in [1.807, 2.05) is 34.9 Å². The molecule has 0 atom stereocenters. The number of amides is 1. The molecule has 3 aromatic rings. The number of benzene rings is 2. The molecule has 172 valence electrons. The molecule has 10 nitrogen and oxygen atoms in total. The number of ether oxygens (including phenoxy) is 1. The van der Waals surface area contributed by atoms with Crippen molar-refractivity contribution < 1.29 is 14.5 Å². The van der Waals surface area contributed by atoms with Crippen molar-refractivity contribution in [1.29, 1.82) is 0 Å². The molecular weight excluding hydrogens is 444 g/mol. The van der Waals surface area contributed by atoms with Gasteiger partial charge in [0, 0.05) is 49.6 Å². The molecule has 0 bridgehead atoms. The van der Waals surface area contributed by atoms with Gasteiger partial charge in [-0.2, -0.15) is 0 Å². The first-order chi connectivity index (χ1) is 16.1. The van der Waals surface area contributed by atoms with Crippen LogP contribution in [0.4, 0.5) is 5.69 Å². The SMILES string of the molecule is O=C(CSc1nnc(-c2ccc([N+](=O)[O-])cc2)n1-c1ccccc1)NCCN1CCOCC1. The smallest absolute Gasteiger partial charge is 0.269 e. The van der Waals surface area contributed by atoms with Crippen molar-refractivity contribution in [2.24, 2.45) is 0 Å². The van der Waals surface area contributed by atoms with Crippen molar-refractivity contribution in [3.8, 4) is 17.1 Å². The fraction of sp³-hybridized carbons (Fsp3) is 0.318. The monoisotopic (exact) mass is 468 g/mol. The average molecular weight is 469 g/mol. The first-order valence-electron chi connectivity index (χ1n) is 10.6. The van der Waals surface area contributed by atoms with E-state index in [1.54, 1.807) is 12.1 Å². The molecule has 2 heterocycles. The predicted octanol–water partition coefficient (Wildman–Crippen LogP) is 2.38. The Balaban J connectivity index is 1.45. The maximum Gasteiger partial charge on any atom is 0.269 e. The quantitative estimate of drug-likeness (QED) is 0.289. The van der Waals surface area contributed by atoms with Crippen molar-refractivity contribution in [3.63, 3.8) is 0 Å². The van der Waals surface area contributed by atoms with Crippen molar-refractivity contribution >= 4 is 23.4 Å². The normalized spacial score (nSPS) is 14.2. The van der Waals surface area contributed by atoms with E-state index in [0.29, 0.717) is 23.1 Å². The zero-order chi connectivity index (χ0) is 23.0. The third-order valence-corrected chi connectivity index (χ3v) is 6.10. The molecule has 1 fully saturated rings. The molecule has 1 saturated heterocycles. The summed E-state index contributed by atoms with van der Waals surface area (Å²) >= 11 is 1.30. The molecule has 0 aliphatic carbocycles. The summed E-state index contributed by atoms with van der Waals surface area (Å²) in [5, 5.41) is 23.1. The number of hydrogen-bond acceptors (Lipinski definition) is 8. The van der Waals surface area contributed by atoms with E-state index in [2.05, 4.69) is 20.4 Å². The Morgan fingerprint density at radius 1 is 1.09 bits per heavy atom. The van der Waals surface area contributed by atoms with Gasteiger partial charge in [-0.15, -0.1) is 10.2 Å². The summed E-state index contributed by atoms with van der Waals surface area (Å²) in [6.45, 7) is 4.61. The van der Waals surface area contributed by atoms with Gasteiger partial charge in [0.15, 0.2) is 11.0 Å². The molecule has 1 aliphatic rings. The molecule has 1 N–H and O–H groups in total. The van der Waals surface area contributed by atoms with Gasteiger partial charge in [0.25, 0.3) is 5.69 Å². The molecule has 0 spiro atoms. The molecule has 2 aromatic carbocycles. The van der Waals surface area contributed by atoms with E-state index in [1.165, 1.54) is 23.9 Å². The fourth-order valence-corrected chi connectivity index (χ4v) is 4.23. The molecule has 33 heavy (non-hydrogen) atoms. The summed E-state index contributed by atoms with van der Waals surface area (Å²) < 4.78 is 7.19. The second kappa shape index (κ2) is 11.0. The van der Waals surface area contributed by atoms with Crippen LogP contribution in [0.25, 0.3) is 17.1 Å². The third-order valence-electron chi connectivity index (χ3n) is 5.17. The Labute approximate surface area is 195 Å². The number of hydrogen-bond donors (Lipinski definition) is 1. The predicted molar refractivity (Wildman–Crippen MR) is 124 cm³/mol. The Bertz CT molecular complexity index is 1080. The van der Waals surface area contributed by atoms with Crippen LogP contribution in [-0.4, -0.2) is 75.6 Å². The van der Waals surface area contributed by atoms with Gasteiger partial charge in [-0.25, -0.2) is 0 Å². The minimum absolute atomic E-state index is 0.00729. The summed E-state index contributed by atoms with van der Waals surface area (Å²) in [5.74, 6) is 0.674. The van der Waals surface area contributed by atoms with Gasteiger partial charge in [-0.05, 0) is 24.3 Å². The summed E-state index contributed by atoms with van der Waals surface area (Å²) in [7, 11) is 0. The molecule has 1 aromatic heterocycles. The second-order valence-electron chi connectivity index (χ2n) is 7.37. The lowest BCUT2D eigenvalue weighted by atomic mass is 10.2. The number of para-hydroxylation sites is 1. The number of carbonyl (C=O) groups is 1. The highest BCUT2D eigenvalue weighted by molar-refractivity contribution is 7.99. The van der Waals surface area contributed by atoms with Crippen LogP contribution in [0.5, 0.6) is 0 Å². The van der Waals surface area contributed by atoms with Crippen LogP contribution in [0, 0.1) is 10.1 Å². The van der Waals surface area contributed by atoms with Crippen LogP contribution in [0.2, 0.25) is 0 Å². The highest BCUT2D eigenvalue weighted by atomic mass is 32.2. The van der Waals surface area contributed by atoms with Gasteiger partial charge < -0.3 is 10.1 Å². The second-order valence-corrected chi connectivity index (χ2v) is 8.32. The van der Waals surface area contributed by atoms with Crippen LogP contribution >= 0.6 is 11.8 Å². The summed E-state index contributed by atoms with van der Waals surface area (Å²) in [4.78, 5) is 25.2. The highest BCUT2D eigenvalue weighted by Gasteiger charge is 2.18. The number of morpholine rings is 1. The molecule has 0 saturated carbocycles. The van der Waals surface area contributed by atoms with E-state index in [4.69, 9.17) is 4.74 Å². The van der Waals surface area contributed by atoms with Gasteiger partial charge in [0.2, 0.25) is 5.91 Å². The van der Waals surface area contributed by atoms with Crippen LogP contribution in [0.15, 0.2) is 59.8 Å². The van der Waals surface area contributed by atoms with Crippen molar-refractivity contribution in [2.45, 2.75) is 5.16 Å². The van der Waals surface area contributed by atoms with Gasteiger partial charge in [-0.3, -0.25) is 24.4 Å². The number of nitrogens with zero attached hydrogens (tertiary/aromatic N) is 5. The van der Waals surface area contributed by atoms with Crippen molar-refractivity contribution in [1.82, 2.24) is 25.0 Å². The Morgan fingerprint density at radius 3 is 2.52 bits per heavy atom. The van der Waals surface area contributed by atoms with E-state index >= 15 is 0 Å². The molecular formula is C22H24N6O4S. The van der Waals surface area contributed by atoms with Gasteiger partial charge in [0.1, 0.15) is 0 Å². The third kappa shape index (κ3) is 5.95. The Kier molecular flexibility index (Phi) is 7.66. The van der Waals surface area contributed by atoms with E-state index in [9.17, 15) is 14.9 Å². The molecule has 1 aliphatic heterocycles. The van der Waals surface area contributed by atoms with Gasteiger partial charge >= 0.3 is 0 Å². The zero-order valence-electron chi connectivity index (χ0n) is 17.9. The molecule has 0 unspecified atom stereocenters. The van der Waals surface area contributed by atoms with E-state index in [-0.39, 0.29) is 17.3 Å². The maximum atomic E-state index is 12.4. The minimum Gasteiger partial charge on any atom is -0.379 e. The van der Waals surface area contributed by atoms with Crippen molar-refractivity contribution in [2.75, 3.05) is 45.1 Å². The van der Waals surface area contributed by atoms with E-state index < -0.39 is 4.92 Å². The van der Waals surface area contributed by atoms with Crippen LogP contribution < -0.4 is 5.32 Å². The number of non-ortho nitro benzene ring substituents is 1. The number of nitro benzene ring substituents is 1. The summed E-state index contributed by atoms with van der Waals surface area (Å²) in [5.41, 5.74) is 1.54. The van der Waals surface area contributed by atoms with E-state index in [0.717, 1.165) is 38.5 Å². The van der Waals surface area contributed by atoms with Gasteiger partial charge in [0.05, 0.1) is 23.9 Å². The largest absolute Gasteiger partial charge is 0.379 e. The Hall–Kier alpha value is -3.28. The summed E-state index contributed by atoms with van der Waals surface area (Å²) in [6, 6.07) is 15.7. The molecule has 1 amide bonds. The average Bonchev–Trinajstić information content (AvgIpc) is 3.28. The summed E-state index contributed by atoms with van der Waals surface area (Å²) in [6.07, 6.45) is 0. The van der Waals surface area contributed by atoms with Crippen LogP contribution in [-0.2, 0) is 9.53 Å². The number of rotatable bonds is 9. The topological polar surface area (TPSA) is 115 Å². The maximum absolute atomic E-state index is 12.4. The number of aromatic nitrogens is 3. The standard InChI is InChI=1S/C22H24N6O4S/c29-20(23-10-11-26-12-14-32-15-13-26)16-33-22-25-24-21(27(22)18-4-2-1-3-5-18)17-6-8-19(9-7-17)28(30)31/h1-9H,10-16H2,(H,23,29). The van der Waals surface area contributed by atoms with Crippen LogP contribution in [0.3, 0.4) is 0 Å². The highest BCUT2D eigenvalue weighted by Crippen LogP contribution is 2.28. The molecule has 0 radical (unpaired) electrons. The van der Waals surface area contributed by atoms with Crippen molar-refractivity contribution in [3.05, 3.63) is 64.7 Å². The lowest BCUT2D eigenvalue weighted by Crippen LogP contribution is -2.41. The Morgan fingerprint density at radius 2 is 1.82 bits per heavy atom. The zero-order valence-corrected chi connectivity index (χ0v) is 18.7. The van der Waals surface area contributed by atoms with Gasteiger partial charge in [-0.1, -0.05) is 30.0 Å². The first-order valence-corrected chi connectivity index (χ1v) is 11.6. The molecule has 11 heteroatoms. The fourth-order valence-electron chi connectivity index (χ4n) is 3.45. The number of nitrogens with one attached hydrogen (secondary N) is 1. The van der Waals surface area contributed by atoms with Crippen LogP contribution in [0.1, 0.15) is 0 Å².